The third kappa shape index (κ3) is 3.92. The molecule has 0 aliphatic rings. The Morgan fingerprint density at radius 1 is 0.867 bits per heavy atom. The summed E-state index contributed by atoms with van der Waals surface area (Å²) < 4.78 is 5.89. The van der Waals surface area contributed by atoms with Crippen molar-refractivity contribution in [2.24, 2.45) is 0 Å². The van der Waals surface area contributed by atoms with Gasteiger partial charge in [0.25, 0.3) is 0 Å². The molecule has 0 saturated carbocycles. The lowest BCUT2D eigenvalue weighted by Crippen LogP contribution is -2.15. The standard InChI is InChI=1S/C25H25N3O2/c1-4-30-21-10-6-5-9-19(21)24(28-22-11-7-8-16(2)26-22)20-15-14-18-13-12-17(3)27-23(18)25(20)29/h5-15,24,29H,4H2,1-3H3,(H,26,28). The number of rotatable bonds is 6. The summed E-state index contributed by atoms with van der Waals surface area (Å²) in [6, 6.07) is 21.2. The Morgan fingerprint density at radius 3 is 2.43 bits per heavy atom. The van der Waals surface area contributed by atoms with Gasteiger partial charge >= 0.3 is 0 Å². The fourth-order valence-corrected chi connectivity index (χ4v) is 3.62. The predicted molar refractivity (Wildman–Crippen MR) is 120 cm³/mol. The number of fused-ring (bicyclic) bond motifs is 1. The van der Waals surface area contributed by atoms with Crippen LogP contribution in [-0.4, -0.2) is 21.7 Å². The number of aromatic hydroxyl groups is 1. The average Bonchev–Trinajstić information content (AvgIpc) is 2.74. The Hall–Kier alpha value is -3.60. The molecule has 1 unspecified atom stereocenters. The molecule has 0 spiro atoms. The molecule has 0 fully saturated rings. The van der Waals surface area contributed by atoms with Crippen molar-refractivity contribution in [2.75, 3.05) is 11.9 Å². The van der Waals surface area contributed by atoms with Crippen molar-refractivity contribution in [1.29, 1.82) is 0 Å². The van der Waals surface area contributed by atoms with Crippen LogP contribution in [0.3, 0.4) is 0 Å². The monoisotopic (exact) mass is 399 g/mol. The van der Waals surface area contributed by atoms with Gasteiger partial charge in [-0.2, -0.15) is 0 Å². The van der Waals surface area contributed by atoms with E-state index in [2.05, 4.69) is 15.3 Å². The van der Waals surface area contributed by atoms with Crippen LogP contribution >= 0.6 is 0 Å². The number of nitrogens with one attached hydrogen (secondary N) is 1. The number of nitrogens with zero attached hydrogens (tertiary/aromatic N) is 2. The SMILES string of the molecule is CCOc1ccccc1C(Nc1cccc(C)n1)c1ccc2ccc(C)nc2c1O. The molecule has 2 aromatic heterocycles. The molecule has 0 bridgehead atoms. The van der Waals surface area contributed by atoms with Crippen molar-refractivity contribution in [2.45, 2.75) is 26.8 Å². The molecule has 30 heavy (non-hydrogen) atoms. The van der Waals surface area contributed by atoms with Crippen LogP contribution in [0.4, 0.5) is 5.82 Å². The van der Waals surface area contributed by atoms with Gasteiger partial charge in [-0.3, -0.25) is 0 Å². The lowest BCUT2D eigenvalue weighted by molar-refractivity contribution is 0.335. The number of aromatic nitrogens is 2. The number of aryl methyl sites for hydroxylation is 2. The highest BCUT2D eigenvalue weighted by atomic mass is 16.5. The number of ether oxygens (including phenoxy) is 1. The van der Waals surface area contributed by atoms with E-state index in [1.54, 1.807) is 0 Å². The highest BCUT2D eigenvalue weighted by Gasteiger charge is 2.23. The van der Waals surface area contributed by atoms with Crippen molar-refractivity contribution >= 4 is 16.7 Å². The molecule has 0 saturated heterocycles. The highest BCUT2D eigenvalue weighted by molar-refractivity contribution is 5.86. The van der Waals surface area contributed by atoms with Gasteiger partial charge in [0.1, 0.15) is 22.8 Å². The molecule has 1 atom stereocenters. The van der Waals surface area contributed by atoms with Gasteiger partial charge in [0, 0.05) is 27.9 Å². The van der Waals surface area contributed by atoms with Gasteiger partial charge in [0.05, 0.1) is 12.6 Å². The van der Waals surface area contributed by atoms with Crippen LogP contribution in [-0.2, 0) is 0 Å². The number of hydrogen-bond acceptors (Lipinski definition) is 5. The van der Waals surface area contributed by atoms with E-state index in [1.165, 1.54) is 0 Å². The van der Waals surface area contributed by atoms with Crippen LogP contribution in [0.1, 0.15) is 35.5 Å². The van der Waals surface area contributed by atoms with E-state index in [-0.39, 0.29) is 11.8 Å². The van der Waals surface area contributed by atoms with Crippen molar-refractivity contribution < 1.29 is 9.84 Å². The second-order valence-corrected chi connectivity index (χ2v) is 7.24. The van der Waals surface area contributed by atoms with E-state index in [0.29, 0.717) is 12.1 Å². The van der Waals surface area contributed by atoms with Gasteiger partial charge < -0.3 is 15.2 Å². The fourth-order valence-electron chi connectivity index (χ4n) is 3.62. The van der Waals surface area contributed by atoms with E-state index in [0.717, 1.165) is 39.5 Å². The zero-order valence-electron chi connectivity index (χ0n) is 17.4. The first-order chi connectivity index (χ1) is 14.6. The number of para-hydroxylation sites is 1. The first-order valence-corrected chi connectivity index (χ1v) is 10.1. The fraction of sp³-hybridized carbons (Fsp3) is 0.200. The molecule has 2 aromatic carbocycles. The molecule has 2 heterocycles. The number of benzene rings is 2. The quantitative estimate of drug-likeness (QED) is 0.445. The topological polar surface area (TPSA) is 67.3 Å². The minimum Gasteiger partial charge on any atom is -0.505 e. The van der Waals surface area contributed by atoms with E-state index < -0.39 is 0 Å². The molecular weight excluding hydrogens is 374 g/mol. The number of anilines is 1. The van der Waals surface area contributed by atoms with E-state index >= 15 is 0 Å². The summed E-state index contributed by atoms with van der Waals surface area (Å²) >= 11 is 0. The maximum atomic E-state index is 11.2. The second kappa shape index (κ2) is 8.41. The van der Waals surface area contributed by atoms with Crippen molar-refractivity contribution in [3.8, 4) is 11.5 Å². The van der Waals surface area contributed by atoms with Crippen molar-refractivity contribution in [3.63, 3.8) is 0 Å². The van der Waals surface area contributed by atoms with Gasteiger partial charge in [0.2, 0.25) is 0 Å². The summed E-state index contributed by atoms with van der Waals surface area (Å²) in [5.74, 6) is 1.65. The summed E-state index contributed by atoms with van der Waals surface area (Å²) in [4.78, 5) is 9.16. The number of hydrogen-bond donors (Lipinski definition) is 2. The third-order valence-electron chi connectivity index (χ3n) is 5.03. The van der Waals surface area contributed by atoms with Gasteiger partial charge in [-0.25, -0.2) is 9.97 Å². The Kier molecular flexibility index (Phi) is 5.53. The number of phenols is 1. The maximum absolute atomic E-state index is 11.2. The Morgan fingerprint density at radius 2 is 1.63 bits per heavy atom. The molecule has 4 rings (SSSR count). The van der Waals surface area contributed by atoms with Gasteiger partial charge in [-0.05, 0) is 45.0 Å². The highest BCUT2D eigenvalue weighted by Crippen LogP contribution is 2.39. The Labute approximate surface area is 176 Å². The van der Waals surface area contributed by atoms with Gasteiger partial charge in [-0.15, -0.1) is 0 Å². The smallest absolute Gasteiger partial charge is 0.147 e. The summed E-state index contributed by atoms with van der Waals surface area (Å²) in [6.45, 7) is 6.38. The zero-order chi connectivity index (χ0) is 21.1. The molecular formula is C25H25N3O2. The molecule has 0 amide bonds. The van der Waals surface area contributed by atoms with Crippen LogP contribution in [0.25, 0.3) is 10.9 Å². The summed E-state index contributed by atoms with van der Waals surface area (Å²) in [6.07, 6.45) is 0. The molecule has 0 radical (unpaired) electrons. The van der Waals surface area contributed by atoms with Gasteiger partial charge in [-0.1, -0.05) is 42.5 Å². The number of phenolic OH excluding ortho intramolecular Hbond substituents is 1. The maximum Gasteiger partial charge on any atom is 0.147 e. The van der Waals surface area contributed by atoms with Crippen LogP contribution in [0.5, 0.6) is 11.5 Å². The molecule has 4 aromatic rings. The zero-order valence-corrected chi connectivity index (χ0v) is 17.4. The molecule has 152 valence electrons. The molecule has 5 heteroatoms. The van der Waals surface area contributed by atoms with E-state index in [9.17, 15) is 5.11 Å². The normalized spacial score (nSPS) is 12.0. The molecule has 0 aliphatic carbocycles. The van der Waals surface area contributed by atoms with Crippen molar-refractivity contribution in [3.05, 3.63) is 89.2 Å². The van der Waals surface area contributed by atoms with E-state index in [4.69, 9.17) is 4.74 Å². The second-order valence-electron chi connectivity index (χ2n) is 7.24. The molecule has 0 aliphatic heterocycles. The first-order valence-electron chi connectivity index (χ1n) is 10.1. The minimum absolute atomic E-state index is 0.160. The average molecular weight is 399 g/mol. The third-order valence-corrected chi connectivity index (χ3v) is 5.03. The largest absolute Gasteiger partial charge is 0.505 e. The summed E-state index contributed by atoms with van der Waals surface area (Å²) in [5, 5.41) is 15.6. The first kappa shape index (κ1) is 19.7. The summed E-state index contributed by atoms with van der Waals surface area (Å²) in [7, 11) is 0. The van der Waals surface area contributed by atoms with Crippen LogP contribution in [0.15, 0.2) is 66.7 Å². The molecule has 2 N–H and O–H groups in total. The molecule has 5 nitrogen and oxygen atoms in total. The van der Waals surface area contributed by atoms with E-state index in [1.807, 2.05) is 87.5 Å². The van der Waals surface area contributed by atoms with Crippen molar-refractivity contribution in [1.82, 2.24) is 9.97 Å². The van der Waals surface area contributed by atoms with Gasteiger partial charge in [0.15, 0.2) is 0 Å². The predicted octanol–water partition coefficient (Wildman–Crippen LogP) is 5.55. The van der Waals surface area contributed by atoms with Crippen LogP contribution in [0, 0.1) is 13.8 Å². The lowest BCUT2D eigenvalue weighted by atomic mass is 9.95. The number of pyridine rings is 2. The minimum atomic E-state index is -0.367. The summed E-state index contributed by atoms with van der Waals surface area (Å²) in [5.41, 5.74) is 4.00. The van der Waals surface area contributed by atoms with Crippen LogP contribution < -0.4 is 10.1 Å². The lowest BCUT2D eigenvalue weighted by Gasteiger charge is -2.24. The van der Waals surface area contributed by atoms with Crippen LogP contribution in [0.2, 0.25) is 0 Å². The Balaban J connectivity index is 1.89. The Bertz CT molecular complexity index is 1190.